The van der Waals surface area contributed by atoms with Crippen molar-refractivity contribution in [2.75, 3.05) is 0 Å². The van der Waals surface area contributed by atoms with Crippen LogP contribution in [0.3, 0.4) is 0 Å². The number of nitrogens with one attached hydrogen (secondary N) is 2. The van der Waals surface area contributed by atoms with Crippen LogP contribution in [0.4, 0.5) is 4.39 Å². The first-order valence-electron chi connectivity index (χ1n) is 11.0. The zero-order valence-corrected chi connectivity index (χ0v) is 18.2. The smallest absolute Gasteiger partial charge is 0.227 e. The monoisotopic (exact) mass is 430 g/mol. The highest BCUT2D eigenvalue weighted by Gasteiger charge is 2.38. The number of nitrogens with zero attached hydrogens (tertiary/aromatic N) is 2. The predicted octanol–water partition coefficient (Wildman–Crippen LogP) is 3.57. The SMILES string of the molecule is CC(=O)NC1(c2noc(CCC(=O)NC(C)Cc3ccccc3F)n2)CCCCCC1. The fourth-order valence-corrected chi connectivity index (χ4v) is 4.24. The lowest BCUT2D eigenvalue weighted by Crippen LogP contribution is -2.45. The number of hydrogen-bond donors (Lipinski definition) is 2. The summed E-state index contributed by atoms with van der Waals surface area (Å²) in [7, 11) is 0. The molecule has 1 aliphatic rings. The van der Waals surface area contributed by atoms with Crippen molar-refractivity contribution >= 4 is 11.8 Å². The van der Waals surface area contributed by atoms with Crippen LogP contribution < -0.4 is 10.6 Å². The van der Waals surface area contributed by atoms with Crippen LogP contribution in [0.2, 0.25) is 0 Å². The number of aromatic nitrogens is 2. The molecule has 2 aromatic rings. The topological polar surface area (TPSA) is 97.1 Å². The van der Waals surface area contributed by atoms with Crippen molar-refractivity contribution in [1.29, 1.82) is 0 Å². The van der Waals surface area contributed by atoms with Crippen LogP contribution >= 0.6 is 0 Å². The Bertz CT molecular complexity index is 890. The van der Waals surface area contributed by atoms with Crippen molar-refractivity contribution < 1.29 is 18.5 Å². The van der Waals surface area contributed by atoms with Gasteiger partial charge in [0.05, 0.1) is 0 Å². The van der Waals surface area contributed by atoms with E-state index in [1.54, 1.807) is 18.2 Å². The van der Waals surface area contributed by atoms with E-state index in [9.17, 15) is 14.0 Å². The lowest BCUT2D eigenvalue weighted by atomic mass is 9.89. The second-order valence-corrected chi connectivity index (χ2v) is 8.45. The van der Waals surface area contributed by atoms with Gasteiger partial charge in [-0.15, -0.1) is 0 Å². The Kier molecular flexibility index (Phi) is 7.76. The van der Waals surface area contributed by atoms with Gasteiger partial charge in [-0.1, -0.05) is 49.0 Å². The van der Waals surface area contributed by atoms with Crippen molar-refractivity contribution in [2.45, 2.75) is 83.2 Å². The van der Waals surface area contributed by atoms with Gasteiger partial charge in [0.2, 0.25) is 17.7 Å². The maximum Gasteiger partial charge on any atom is 0.227 e. The average Bonchev–Trinajstić information content (AvgIpc) is 3.08. The van der Waals surface area contributed by atoms with Crippen LogP contribution in [0.25, 0.3) is 0 Å². The molecule has 31 heavy (non-hydrogen) atoms. The lowest BCUT2D eigenvalue weighted by Gasteiger charge is -2.30. The van der Waals surface area contributed by atoms with E-state index >= 15 is 0 Å². The van der Waals surface area contributed by atoms with Gasteiger partial charge in [-0.25, -0.2) is 4.39 Å². The quantitative estimate of drug-likeness (QED) is 0.624. The maximum atomic E-state index is 13.8. The molecule has 1 atom stereocenters. The van der Waals surface area contributed by atoms with Gasteiger partial charge in [-0.05, 0) is 37.8 Å². The van der Waals surface area contributed by atoms with Gasteiger partial charge in [-0.3, -0.25) is 9.59 Å². The molecule has 8 heteroatoms. The molecular formula is C23H31FN4O3. The Morgan fingerprint density at radius 1 is 1.19 bits per heavy atom. The Morgan fingerprint density at radius 2 is 1.90 bits per heavy atom. The van der Waals surface area contributed by atoms with Crippen LogP contribution in [0.5, 0.6) is 0 Å². The summed E-state index contributed by atoms with van der Waals surface area (Å²) in [5.74, 6) is 0.327. The molecule has 3 rings (SSSR count). The first kappa shape index (κ1) is 22.9. The first-order chi connectivity index (χ1) is 14.9. The Balaban J connectivity index is 1.55. The number of halogens is 1. The highest BCUT2D eigenvalue weighted by atomic mass is 19.1. The van der Waals surface area contributed by atoms with Crippen LogP contribution in [0.15, 0.2) is 28.8 Å². The van der Waals surface area contributed by atoms with E-state index in [4.69, 9.17) is 4.52 Å². The number of aryl methyl sites for hydroxylation is 1. The van der Waals surface area contributed by atoms with Gasteiger partial charge < -0.3 is 15.2 Å². The molecule has 1 aromatic carbocycles. The number of carbonyl (C=O) groups excluding carboxylic acids is 2. The first-order valence-corrected chi connectivity index (χ1v) is 11.0. The van der Waals surface area contributed by atoms with Crippen molar-refractivity contribution in [2.24, 2.45) is 0 Å². The summed E-state index contributed by atoms with van der Waals surface area (Å²) in [6.45, 7) is 3.35. The second kappa shape index (κ2) is 10.5. The Morgan fingerprint density at radius 3 is 2.58 bits per heavy atom. The normalized spacial score (nSPS) is 16.9. The zero-order chi connectivity index (χ0) is 22.3. The lowest BCUT2D eigenvalue weighted by molar-refractivity contribution is -0.122. The highest BCUT2D eigenvalue weighted by Crippen LogP contribution is 2.34. The molecular weight excluding hydrogens is 399 g/mol. The third kappa shape index (κ3) is 6.35. The van der Waals surface area contributed by atoms with E-state index in [1.807, 2.05) is 6.92 Å². The fraction of sp³-hybridized carbons (Fsp3) is 0.565. The van der Waals surface area contributed by atoms with Gasteiger partial charge in [0.25, 0.3) is 0 Å². The number of benzene rings is 1. The third-order valence-corrected chi connectivity index (χ3v) is 5.73. The molecule has 0 bridgehead atoms. The number of carbonyl (C=O) groups is 2. The third-order valence-electron chi connectivity index (χ3n) is 5.73. The molecule has 0 spiro atoms. The second-order valence-electron chi connectivity index (χ2n) is 8.45. The highest BCUT2D eigenvalue weighted by molar-refractivity contribution is 5.76. The Hall–Kier alpha value is -2.77. The molecule has 2 amide bonds. The molecule has 1 unspecified atom stereocenters. The van der Waals surface area contributed by atoms with Crippen LogP contribution in [-0.4, -0.2) is 28.0 Å². The summed E-state index contributed by atoms with van der Waals surface area (Å²) in [5, 5.41) is 10.1. The molecule has 0 aliphatic heterocycles. The summed E-state index contributed by atoms with van der Waals surface area (Å²) in [6.07, 6.45) is 6.70. The van der Waals surface area contributed by atoms with Gasteiger partial charge in [0.15, 0.2) is 5.82 Å². The molecule has 168 valence electrons. The predicted molar refractivity (Wildman–Crippen MR) is 114 cm³/mol. The number of rotatable bonds is 8. The van der Waals surface area contributed by atoms with Crippen LogP contribution in [0.1, 0.15) is 76.1 Å². The van der Waals surface area contributed by atoms with E-state index in [1.165, 1.54) is 13.0 Å². The molecule has 0 radical (unpaired) electrons. The molecule has 7 nitrogen and oxygen atoms in total. The molecule has 1 aromatic heterocycles. The molecule has 1 aliphatic carbocycles. The minimum atomic E-state index is -0.597. The van der Waals surface area contributed by atoms with Crippen LogP contribution in [-0.2, 0) is 28.0 Å². The van der Waals surface area contributed by atoms with Gasteiger partial charge in [0, 0.05) is 25.8 Å². The Labute approximate surface area is 182 Å². The largest absolute Gasteiger partial charge is 0.353 e. The zero-order valence-electron chi connectivity index (χ0n) is 18.2. The summed E-state index contributed by atoms with van der Waals surface area (Å²) < 4.78 is 19.2. The molecule has 1 saturated carbocycles. The van der Waals surface area contributed by atoms with Gasteiger partial charge >= 0.3 is 0 Å². The molecule has 1 heterocycles. The number of amides is 2. The van der Waals surface area contributed by atoms with Crippen molar-refractivity contribution in [1.82, 2.24) is 20.8 Å². The molecule has 2 N–H and O–H groups in total. The summed E-state index contributed by atoms with van der Waals surface area (Å²) in [5.41, 5.74) is -0.0239. The number of hydrogen-bond acceptors (Lipinski definition) is 5. The van der Waals surface area contributed by atoms with E-state index in [0.717, 1.165) is 38.5 Å². The standard InChI is InChI=1S/C23H31FN4O3/c1-16(15-18-9-5-6-10-19(18)24)25-20(30)11-12-21-26-22(28-31-21)23(27-17(2)29)13-7-3-4-8-14-23/h5-6,9-10,16H,3-4,7-8,11-15H2,1-2H3,(H,25,30)(H,27,29). The van der Waals surface area contributed by atoms with E-state index in [0.29, 0.717) is 30.1 Å². The van der Waals surface area contributed by atoms with Gasteiger partial charge in [0.1, 0.15) is 11.4 Å². The fourth-order valence-electron chi connectivity index (χ4n) is 4.24. The van der Waals surface area contributed by atoms with Crippen molar-refractivity contribution in [3.05, 3.63) is 47.4 Å². The van der Waals surface area contributed by atoms with Crippen molar-refractivity contribution in [3.8, 4) is 0 Å². The summed E-state index contributed by atoms with van der Waals surface area (Å²) in [6, 6.07) is 6.36. The molecule has 0 saturated heterocycles. The van der Waals surface area contributed by atoms with Crippen molar-refractivity contribution in [3.63, 3.8) is 0 Å². The maximum absolute atomic E-state index is 13.8. The minimum Gasteiger partial charge on any atom is -0.353 e. The van der Waals surface area contributed by atoms with E-state index in [2.05, 4.69) is 20.8 Å². The minimum absolute atomic E-state index is 0.114. The van der Waals surface area contributed by atoms with E-state index < -0.39 is 5.54 Å². The van der Waals surface area contributed by atoms with Gasteiger partial charge in [-0.2, -0.15) is 4.98 Å². The average molecular weight is 431 g/mol. The van der Waals surface area contributed by atoms with E-state index in [-0.39, 0.29) is 30.1 Å². The summed E-state index contributed by atoms with van der Waals surface area (Å²) >= 11 is 0. The molecule has 1 fully saturated rings. The summed E-state index contributed by atoms with van der Waals surface area (Å²) in [4.78, 5) is 28.6. The van der Waals surface area contributed by atoms with Crippen LogP contribution in [0, 0.1) is 5.82 Å².